The van der Waals surface area contributed by atoms with E-state index >= 15 is 0 Å². The molecule has 0 saturated carbocycles. The number of halogens is 1. The van der Waals surface area contributed by atoms with Gasteiger partial charge < -0.3 is 9.47 Å². The third-order valence-corrected chi connectivity index (χ3v) is 6.91. The molecular weight excluding hydrogens is 426 g/mol. The predicted octanol–water partition coefficient (Wildman–Crippen LogP) is 4.75. The number of aromatic nitrogens is 5. The smallest absolute Gasteiger partial charge is 0.207 e. The highest BCUT2D eigenvalue weighted by molar-refractivity contribution is 6.30. The quantitative estimate of drug-likeness (QED) is 0.600. The van der Waals surface area contributed by atoms with Crippen molar-refractivity contribution >= 4 is 11.6 Å². The Morgan fingerprint density at radius 2 is 2.09 bits per heavy atom. The lowest BCUT2D eigenvalue weighted by molar-refractivity contribution is -0.0586. The number of hydrogen-bond acceptors (Lipinski definition) is 6. The third-order valence-electron chi connectivity index (χ3n) is 6.67. The van der Waals surface area contributed by atoms with Crippen LogP contribution in [0.2, 0.25) is 5.02 Å². The summed E-state index contributed by atoms with van der Waals surface area (Å²) in [4.78, 5) is 5.26. The number of aromatic amines is 1. The number of H-pyrrole nitrogens is 1. The van der Waals surface area contributed by atoms with Crippen molar-refractivity contribution < 1.29 is 9.47 Å². The van der Waals surface area contributed by atoms with Gasteiger partial charge in [-0.05, 0) is 71.6 Å². The molecule has 1 aliphatic carbocycles. The van der Waals surface area contributed by atoms with Crippen molar-refractivity contribution in [3.8, 4) is 22.5 Å². The summed E-state index contributed by atoms with van der Waals surface area (Å²) >= 11 is 6.45. The lowest BCUT2D eigenvalue weighted by atomic mass is 9.72. The highest BCUT2D eigenvalue weighted by Gasteiger charge is 2.44. The zero-order chi connectivity index (χ0) is 22.3. The largest absolute Gasteiger partial charge is 0.381 e. The fourth-order valence-corrected chi connectivity index (χ4v) is 5.36. The van der Waals surface area contributed by atoms with Crippen molar-refractivity contribution in [3.05, 3.63) is 46.2 Å². The van der Waals surface area contributed by atoms with Gasteiger partial charge in [-0.2, -0.15) is 5.21 Å². The molecule has 0 radical (unpaired) electrons. The van der Waals surface area contributed by atoms with Gasteiger partial charge in [-0.3, -0.25) is 4.98 Å². The van der Waals surface area contributed by atoms with Crippen molar-refractivity contribution in [1.29, 1.82) is 0 Å². The maximum atomic E-state index is 6.45. The third kappa shape index (κ3) is 3.72. The van der Waals surface area contributed by atoms with E-state index in [4.69, 9.17) is 26.1 Å². The molecule has 0 bridgehead atoms. The van der Waals surface area contributed by atoms with E-state index in [2.05, 4.69) is 40.5 Å². The van der Waals surface area contributed by atoms with Gasteiger partial charge in [0.15, 0.2) is 0 Å². The SMILES string of the molecule is COC[C@]1(c2nc3c(c(-c4cccc(Cl)c4)c2-c2nn[nH]n2)CC(C)(C)CC3)CCCO1. The van der Waals surface area contributed by atoms with Crippen LogP contribution in [0.25, 0.3) is 22.5 Å². The first kappa shape index (κ1) is 21.5. The maximum absolute atomic E-state index is 6.45. The second-order valence-corrected chi connectivity index (χ2v) is 10.0. The van der Waals surface area contributed by atoms with Crippen LogP contribution >= 0.6 is 11.6 Å². The summed E-state index contributed by atoms with van der Waals surface area (Å²) in [5.41, 5.74) is 5.69. The zero-order valence-corrected chi connectivity index (χ0v) is 19.5. The van der Waals surface area contributed by atoms with Crippen LogP contribution < -0.4 is 0 Å². The Labute approximate surface area is 192 Å². The van der Waals surface area contributed by atoms with Gasteiger partial charge in [0.1, 0.15) is 5.60 Å². The molecule has 0 unspecified atom stereocenters. The Bertz CT molecular complexity index is 1120. The van der Waals surface area contributed by atoms with Crippen LogP contribution in [0, 0.1) is 5.41 Å². The first-order valence-corrected chi connectivity index (χ1v) is 11.5. The molecular formula is C24H28ClN5O2. The van der Waals surface area contributed by atoms with Crippen LogP contribution in [-0.4, -0.2) is 45.9 Å². The van der Waals surface area contributed by atoms with Crippen LogP contribution in [0.4, 0.5) is 0 Å². The minimum Gasteiger partial charge on any atom is -0.381 e. The topological polar surface area (TPSA) is 85.8 Å². The number of benzene rings is 1. The molecule has 7 nitrogen and oxygen atoms in total. The first-order chi connectivity index (χ1) is 15.4. The number of fused-ring (bicyclic) bond motifs is 1. The summed E-state index contributed by atoms with van der Waals surface area (Å²) in [6.07, 6.45) is 4.70. The molecule has 1 fully saturated rings. The second-order valence-electron chi connectivity index (χ2n) is 9.60. The van der Waals surface area contributed by atoms with Crippen molar-refractivity contribution in [2.45, 2.75) is 51.6 Å². The summed E-state index contributed by atoms with van der Waals surface area (Å²) in [6, 6.07) is 7.97. The Morgan fingerprint density at radius 1 is 1.22 bits per heavy atom. The number of nitrogens with one attached hydrogen (secondary N) is 1. The van der Waals surface area contributed by atoms with E-state index in [1.807, 2.05) is 18.2 Å². The van der Waals surface area contributed by atoms with Crippen molar-refractivity contribution in [2.24, 2.45) is 5.41 Å². The summed E-state index contributed by atoms with van der Waals surface area (Å²) in [6.45, 7) is 5.72. The normalized spacial score (nSPS) is 22.1. The molecule has 1 saturated heterocycles. The van der Waals surface area contributed by atoms with Gasteiger partial charge in [0, 0.05) is 24.4 Å². The van der Waals surface area contributed by atoms with E-state index in [0.717, 1.165) is 60.2 Å². The van der Waals surface area contributed by atoms with Crippen LogP contribution in [-0.2, 0) is 27.9 Å². The van der Waals surface area contributed by atoms with Crippen LogP contribution in [0.1, 0.15) is 50.1 Å². The molecule has 2 aliphatic rings. The van der Waals surface area contributed by atoms with Gasteiger partial charge in [0.05, 0.1) is 17.9 Å². The van der Waals surface area contributed by atoms with E-state index in [-0.39, 0.29) is 5.41 Å². The molecule has 1 aromatic carbocycles. The molecule has 1 N–H and O–H groups in total. The Kier molecular flexibility index (Phi) is 5.51. The Morgan fingerprint density at radius 3 is 2.78 bits per heavy atom. The molecule has 168 valence electrons. The number of rotatable bonds is 5. The number of hydrogen-bond donors (Lipinski definition) is 1. The monoisotopic (exact) mass is 453 g/mol. The van der Waals surface area contributed by atoms with Crippen molar-refractivity contribution in [3.63, 3.8) is 0 Å². The van der Waals surface area contributed by atoms with E-state index in [1.165, 1.54) is 5.56 Å². The number of aryl methyl sites for hydroxylation is 1. The highest BCUT2D eigenvalue weighted by Crippen LogP contribution is 2.48. The Balaban J connectivity index is 1.87. The molecule has 2 aromatic heterocycles. The molecule has 0 spiro atoms. The average Bonchev–Trinajstić information content (AvgIpc) is 3.45. The number of tetrazole rings is 1. The molecule has 8 heteroatoms. The van der Waals surface area contributed by atoms with Crippen molar-refractivity contribution in [1.82, 2.24) is 25.6 Å². The van der Waals surface area contributed by atoms with E-state index < -0.39 is 5.60 Å². The fraction of sp³-hybridized carbons (Fsp3) is 0.500. The molecule has 3 heterocycles. The molecule has 0 amide bonds. The summed E-state index contributed by atoms with van der Waals surface area (Å²) in [5.74, 6) is 0.514. The van der Waals surface area contributed by atoms with E-state index in [0.29, 0.717) is 24.1 Å². The fourth-order valence-electron chi connectivity index (χ4n) is 5.17. The zero-order valence-electron chi connectivity index (χ0n) is 18.7. The number of nitrogens with zero attached hydrogens (tertiary/aromatic N) is 4. The van der Waals surface area contributed by atoms with E-state index in [9.17, 15) is 0 Å². The second kappa shape index (κ2) is 8.21. The van der Waals surface area contributed by atoms with Crippen LogP contribution in [0.3, 0.4) is 0 Å². The van der Waals surface area contributed by atoms with Crippen LogP contribution in [0.15, 0.2) is 24.3 Å². The molecule has 32 heavy (non-hydrogen) atoms. The summed E-state index contributed by atoms with van der Waals surface area (Å²) < 4.78 is 12.0. The van der Waals surface area contributed by atoms with Gasteiger partial charge in [-0.1, -0.05) is 37.6 Å². The maximum Gasteiger partial charge on any atom is 0.207 e. The highest BCUT2D eigenvalue weighted by atomic mass is 35.5. The molecule has 1 atom stereocenters. The van der Waals surface area contributed by atoms with Gasteiger partial charge in [0.25, 0.3) is 0 Å². The van der Waals surface area contributed by atoms with E-state index in [1.54, 1.807) is 7.11 Å². The molecule has 5 rings (SSSR count). The van der Waals surface area contributed by atoms with Gasteiger partial charge >= 0.3 is 0 Å². The average molecular weight is 454 g/mol. The Hall–Kier alpha value is -2.35. The number of methoxy groups -OCH3 is 1. The summed E-state index contributed by atoms with van der Waals surface area (Å²) in [7, 11) is 1.70. The number of pyridine rings is 1. The first-order valence-electron chi connectivity index (χ1n) is 11.1. The lowest BCUT2D eigenvalue weighted by Gasteiger charge is -2.36. The number of ether oxygens (including phenoxy) is 2. The van der Waals surface area contributed by atoms with Gasteiger partial charge in [-0.25, -0.2) is 0 Å². The standard InChI is InChI=1S/C24H28ClN5O2/c1-23(2)10-8-18-17(13-23)19(15-6-4-7-16(25)12-15)20(22-27-29-30-28-22)21(26-18)24(14-31-3)9-5-11-32-24/h4,6-7,12H,5,8-11,13-14H2,1-3H3,(H,27,28,29,30)/t24-/m0/s1. The van der Waals surface area contributed by atoms with Crippen LogP contribution in [0.5, 0.6) is 0 Å². The predicted molar refractivity (Wildman–Crippen MR) is 122 cm³/mol. The minimum atomic E-state index is -0.639. The summed E-state index contributed by atoms with van der Waals surface area (Å²) in [5, 5.41) is 15.9. The van der Waals surface area contributed by atoms with Gasteiger partial charge in [0.2, 0.25) is 5.82 Å². The molecule has 3 aromatic rings. The molecule has 1 aliphatic heterocycles. The van der Waals surface area contributed by atoms with Crippen molar-refractivity contribution in [2.75, 3.05) is 20.3 Å². The minimum absolute atomic E-state index is 0.173. The lowest BCUT2D eigenvalue weighted by Crippen LogP contribution is -2.34. The van der Waals surface area contributed by atoms with Gasteiger partial charge in [-0.15, -0.1) is 10.2 Å².